The quantitative estimate of drug-likeness (QED) is 0.543. The number of fused-ring (bicyclic) bond motifs is 3. The third-order valence-electron chi connectivity index (χ3n) is 7.99. The van der Waals surface area contributed by atoms with Crippen molar-refractivity contribution in [3.05, 3.63) is 94.5 Å². The number of likely N-dealkylation sites (tertiary alicyclic amines) is 1. The van der Waals surface area contributed by atoms with Crippen LogP contribution in [0.4, 0.5) is 11.4 Å². The van der Waals surface area contributed by atoms with Crippen LogP contribution in [0.1, 0.15) is 29.0 Å². The van der Waals surface area contributed by atoms with Crippen molar-refractivity contribution in [2.45, 2.75) is 24.8 Å². The molecule has 3 aromatic rings. The number of benzene rings is 3. The molecule has 35 heavy (non-hydrogen) atoms. The zero-order chi connectivity index (χ0) is 24.5. The van der Waals surface area contributed by atoms with Crippen LogP contribution in [0.2, 0.25) is 5.02 Å². The smallest absolute Gasteiger partial charge is 0.250 e. The molecule has 6 nitrogen and oxygen atoms in total. The molecule has 0 saturated carbocycles. The van der Waals surface area contributed by atoms with Crippen molar-refractivity contribution in [2.24, 2.45) is 5.41 Å². The number of nitrogens with one attached hydrogen (secondary N) is 1. The summed E-state index contributed by atoms with van der Waals surface area (Å²) in [6.45, 7) is 2.39. The Hall–Kier alpha value is -3.48. The molecule has 3 atom stereocenters. The Morgan fingerprint density at radius 2 is 1.63 bits per heavy atom. The number of imide groups is 1. The van der Waals surface area contributed by atoms with Crippen LogP contribution in [0.5, 0.6) is 0 Å². The fraction of sp³-hybridized carbons (Fsp3) is 0.250. The number of amides is 3. The van der Waals surface area contributed by atoms with Crippen LogP contribution in [0.25, 0.3) is 0 Å². The van der Waals surface area contributed by atoms with Gasteiger partial charge in [-0.1, -0.05) is 59.6 Å². The molecule has 2 spiro atoms. The van der Waals surface area contributed by atoms with Crippen LogP contribution >= 0.6 is 11.6 Å². The summed E-state index contributed by atoms with van der Waals surface area (Å²) in [5.41, 5.74) is 1.19. The number of aryl methyl sites for hydroxylation is 1. The highest BCUT2D eigenvalue weighted by Crippen LogP contribution is 2.66. The van der Waals surface area contributed by atoms with Gasteiger partial charge in [0, 0.05) is 35.2 Å². The van der Waals surface area contributed by atoms with Crippen LogP contribution in [0, 0.1) is 12.3 Å². The third-order valence-corrected chi connectivity index (χ3v) is 8.24. The first-order chi connectivity index (χ1) is 16.8. The van der Waals surface area contributed by atoms with Crippen molar-refractivity contribution in [3.63, 3.8) is 0 Å². The Bertz CT molecular complexity index is 1390. The van der Waals surface area contributed by atoms with Crippen LogP contribution in [-0.4, -0.2) is 36.2 Å². The molecular weight excluding hydrogens is 462 g/mol. The maximum Gasteiger partial charge on any atom is 0.250 e. The SMILES string of the molecule is Cc1ccc(N2C(=O)C[C@@]3(C2=O)[C@@H](c2ccc(Cl)cc2)CN(C)[C@@]32C(=O)Nc3ccccc32)cc1. The van der Waals surface area contributed by atoms with Crippen molar-refractivity contribution in [1.29, 1.82) is 0 Å². The summed E-state index contributed by atoms with van der Waals surface area (Å²) < 4.78 is 0. The van der Waals surface area contributed by atoms with Crippen molar-refractivity contribution in [2.75, 3.05) is 23.8 Å². The van der Waals surface area contributed by atoms with Crippen LogP contribution in [0.15, 0.2) is 72.8 Å². The molecule has 7 heteroatoms. The van der Waals surface area contributed by atoms with E-state index >= 15 is 0 Å². The maximum absolute atomic E-state index is 14.6. The second kappa shape index (κ2) is 7.51. The van der Waals surface area contributed by atoms with Gasteiger partial charge in [-0.25, -0.2) is 4.90 Å². The Morgan fingerprint density at radius 1 is 0.943 bits per heavy atom. The molecular formula is C28H24ClN3O3. The second-order valence-corrected chi connectivity index (χ2v) is 10.1. The van der Waals surface area contributed by atoms with Crippen LogP contribution in [-0.2, 0) is 19.9 Å². The summed E-state index contributed by atoms with van der Waals surface area (Å²) >= 11 is 6.17. The maximum atomic E-state index is 14.6. The van der Waals surface area contributed by atoms with Crippen molar-refractivity contribution in [1.82, 2.24) is 4.90 Å². The van der Waals surface area contributed by atoms with Crippen molar-refractivity contribution >= 4 is 40.7 Å². The third kappa shape index (κ3) is 2.72. The van der Waals surface area contributed by atoms with E-state index in [9.17, 15) is 14.4 Å². The average molecular weight is 486 g/mol. The molecule has 1 N–H and O–H groups in total. The number of halogens is 1. The predicted octanol–water partition coefficient (Wildman–Crippen LogP) is 4.47. The lowest BCUT2D eigenvalue weighted by atomic mass is 9.60. The number of hydrogen-bond acceptors (Lipinski definition) is 4. The van der Waals surface area contributed by atoms with Gasteiger partial charge in [0.25, 0.3) is 5.91 Å². The molecule has 3 aliphatic heterocycles. The van der Waals surface area contributed by atoms with E-state index in [1.807, 2.05) is 67.4 Å². The van der Waals surface area contributed by atoms with Gasteiger partial charge in [0.1, 0.15) is 5.54 Å². The largest absolute Gasteiger partial charge is 0.324 e. The Kier molecular flexibility index (Phi) is 4.72. The normalized spacial score (nSPS) is 27.8. The summed E-state index contributed by atoms with van der Waals surface area (Å²) in [5, 5.41) is 3.59. The predicted molar refractivity (Wildman–Crippen MR) is 134 cm³/mol. The molecule has 0 bridgehead atoms. The highest BCUT2D eigenvalue weighted by Gasteiger charge is 2.77. The fourth-order valence-electron chi connectivity index (χ4n) is 6.52. The van der Waals surface area contributed by atoms with Gasteiger partial charge < -0.3 is 5.32 Å². The van der Waals surface area contributed by atoms with E-state index in [1.54, 1.807) is 24.3 Å². The van der Waals surface area contributed by atoms with Gasteiger partial charge in [-0.15, -0.1) is 0 Å². The summed E-state index contributed by atoms with van der Waals surface area (Å²) in [4.78, 5) is 45.4. The molecule has 0 radical (unpaired) electrons. The highest BCUT2D eigenvalue weighted by molar-refractivity contribution is 6.30. The standard InChI is InChI=1S/C28H24ClN3O3/c1-17-7-13-20(14-8-17)32-24(33)15-27(26(32)35)22(18-9-11-19(29)12-10-18)16-31(2)28(27)21-5-3-4-6-23(21)30-25(28)34/h3-14,22H,15-16H2,1-2H3,(H,30,34)/t22-,27+,28+/m1/s1. The number of anilines is 2. The minimum Gasteiger partial charge on any atom is -0.324 e. The highest BCUT2D eigenvalue weighted by atomic mass is 35.5. The van der Waals surface area contributed by atoms with E-state index in [0.717, 1.165) is 16.7 Å². The van der Waals surface area contributed by atoms with E-state index in [1.165, 1.54) is 4.90 Å². The van der Waals surface area contributed by atoms with E-state index in [-0.39, 0.29) is 24.1 Å². The van der Waals surface area contributed by atoms with Gasteiger partial charge in [0.2, 0.25) is 11.8 Å². The number of likely N-dealkylation sites (N-methyl/N-ethyl adjacent to an activating group) is 1. The van der Waals surface area contributed by atoms with E-state index in [2.05, 4.69) is 5.32 Å². The van der Waals surface area contributed by atoms with E-state index in [4.69, 9.17) is 11.6 Å². The average Bonchev–Trinajstić information content (AvgIpc) is 3.39. The summed E-state index contributed by atoms with van der Waals surface area (Å²) in [7, 11) is 1.87. The molecule has 0 aromatic heterocycles. The zero-order valence-electron chi connectivity index (χ0n) is 19.4. The van der Waals surface area contributed by atoms with Gasteiger partial charge in [-0.3, -0.25) is 19.3 Å². The first kappa shape index (κ1) is 22.0. The van der Waals surface area contributed by atoms with Gasteiger partial charge >= 0.3 is 0 Å². The Balaban J connectivity index is 1.62. The minimum absolute atomic E-state index is 0.0703. The Labute approximate surface area is 208 Å². The number of hydrogen-bond donors (Lipinski definition) is 1. The zero-order valence-corrected chi connectivity index (χ0v) is 20.2. The molecule has 6 rings (SSSR count). The number of rotatable bonds is 2. The minimum atomic E-state index is -1.33. The summed E-state index contributed by atoms with van der Waals surface area (Å²) in [5.74, 6) is -1.31. The number of carbonyl (C=O) groups is 3. The molecule has 3 heterocycles. The van der Waals surface area contributed by atoms with Crippen molar-refractivity contribution < 1.29 is 14.4 Å². The molecule has 0 aliphatic carbocycles. The summed E-state index contributed by atoms with van der Waals surface area (Å²) in [6, 6.07) is 22.2. The number of carbonyl (C=O) groups excluding carboxylic acids is 3. The van der Waals surface area contributed by atoms with Crippen LogP contribution in [0.3, 0.4) is 0 Å². The molecule has 2 fully saturated rings. The molecule has 3 amide bonds. The lowest BCUT2D eigenvalue weighted by Gasteiger charge is -2.42. The second-order valence-electron chi connectivity index (χ2n) is 9.71. The molecule has 2 saturated heterocycles. The van der Waals surface area contributed by atoms with E-state index in [0.29, 0.717) is 22.9 Å². The number of nitrogens with zero attached hydrogens (tertiary/aromatic N) is 2. The Morgan fingerprint density at radius 3 is 2.34 bits per heavy atom. The molecule has 0 unspecified atom stereocenters. The number of para-hydroxylation sites is 1. The van der Waals surface area contributed by atoms with Gasteiger partial charge in [0.05, 0.1) is 11.1 Å². The van der Waals surface area contributed by atoms with E-state index < -0.39 is 16.9 Å². The lowest BCUT2D eigenvalue weighted by Crippen LogP contribution is -2.58. The molecule has 3 aliphatic rings. The van der Waals surface area contributed by atoms with Crippen LogP contribution < -0.4 is 10.2 Å². The first-order valence-electron chi connectivity index (χ1n) is 11.6. The fourth-order valence-corrected chi connectivity index (χ4v) is 6.65. The van der Waals surface area contributed by atoms with Gasteiger partial charge in [-0.2, -0.15) is 0 Å². The topological polar surface area (TPSA) is 69.7 Å². The van der Waals surface area contributed by atoms with Crippen molar-refractivity contribution in [3.8, 4) is 0 Å². The van der Waals surface area contributed by atoms with Gasteiger partial charge in [0.15, 0.2) is 0 Å². The monoisotopic (exact) mass is 485 g/mol. The molecule has 176 valence electrons. The van der Waals surface area contributed by atoms with Gasteiger partial charge in [-0.05, 0) is 49.9 Å². The lowest BCUT2D eigenvalue weighted by molar-refractivity contribution is -0.142. The molecule has 3 aromatic carbocycles. The first-order valence-corrected chi connectivity index (χ1v) is 12.0. The summed E-state index contributed by atoms with van der Waals surface area (Å²) in [6.07, 6.45) is -0.0703.